The highest BCUT2D eigenvalue weighted by molar-refractivity contribution is 8.13. The number of halogens is 2. The number of nitrogens with one attached hydrogen (secondary N) is 2. The molecule has 0 spiro atoms. The average molecular weight is 368 g/mol. The number of rotatable bonds is 6. The van der Waals surface area contributed by atoms with Crippen LogP contribution < -0.4 is 15.5 Å². The van der Waals surface area contributed by atoms with Crippen molar-refractivity contribution in [3.05, 3.63) is 59.7 Å². The van der Waals surface area contributed by atoms with Gasteiger partial charge >= 0.3 is 5.24 Å². The Morgan fingerprint density at radius 2 is 1.84 bits per heavy atom. The second-order valence-electron chi connectivity index (χ2n) is 4.70. The fourth-order valence-electron chi connectivity index (χ4n) is 1.84. The minimum Gasteiger partial charge on any atom is -0.492 e. The zero-order valence-electron chi connectivity index (χ0n) is 12.8. The number of hydrogen-bond acceptors (Lipinski definition) is 5. The molecule has 0 saturated carbocycles. The fourth-order valence-corrected chi connectivity index (χ4v) is 2.37. The third-order valence-corrected chi connectivity index (χ3v) is 3.74. The average Bonchev–Trinajstić information content (AvgIpc) is 2.59. The molecule has 0 radical (unpaired) electrons. The number of thioether (sulfide) groups is 1. The van der Waals surface area contributed by atoms with Crippen LogP contribution in [0.3, 0.4) is 0 Å². The minimum absolute atomic E-state index is 0.124. The van der Waals surface area contributed by atoms with E-state index in [1.807, 2.05) is 0 Å². The molecule has 2 amide bonds. The van der Waals surface area contributed by atoms with Crippen molar-refractivity contribution in [2.45, 2.75) is 4.90 Å². The molecule has 9 heteroatoms. The summed E-state index contributed by atoms with van der Waals surface area (Å²) in [6.07, 6.45) is 0. The summed E-state index contributed by atoms with van der Waals surface area (Å²) in [6.45, 7) is 0.261. The Labute approximate surface area is 146 Å². The summed E-state index contributed by atoms with van der Waals surface area (Å²) in [6, 6.07) is 9.21. The molecule has 0 heterocycles. The first-order valence-corrected chi connectivity index (χ1v) is 7.89. The predicted molar refractivity (Wildman–Crippen MR) is 86.8 cm³/mol. The van der Waals surface area contributed by atoms with Gasteiger partial charge in [-0.1, -0.05) is 0 Å². The summed E-state index contributed by atoms with van der Waals surface area (Å²) in [7, 11) is 0. The van der Waals surface area contributed by atoms with Crippen molar-refractivity contribution in [3.8, 4) is 5.75 Å². The van der Waals surface area contributed by atoms with Crippen LogP contribution in [0.5, 0.6) is 5.75 Å². The van der Waals surface area contributed by atoms with E-state index in [1.54, 1.807) is 24.3 Å². The number of ether oxygens (including phenoxy) is 1. The number of hydroxylamine groups is 1. The van der Waals surface area contributed by atoms with Gasteiger partial charge in [0.25, 0.3) is 5.91 Å². The molecule has 0 aliphatic carbocycles. The van der Waals surface area contributed by atoms with Gasteiger partial charge in [0.15, 0.2) is 0 Å². The summed E-state index contributed by atoms with van der Waals surface area (Å²) < 4.78 is 31.6. The van der Waals surface area contributed by atoms with Crippen LogP contribution >= 0.6 is 11.8 Å². The molecule has 132 valence electrons. The van der Waals surface area contributed by atoms with Gasteiger partial charge in [-0.05, 0) is 48.2 Å². The van der Waals surface area contributed by atoms with Gasteiger partial charge < -0.3 is 10.1 Å². The highest BCUT2D eigenvalue weighted by Crippen LogP contribution is 2.21. The third-order valence-electron chi connectivity index (χ3n) is 2.96. The maximum atomic E-state index is 13.5. The third kappa shape index (κ3) is 5.73. The van der Waals surface area contributed by atoms with Gasteiger partial charge in [-0.15, -0.1) is 0 Å². The van der Waals surface area contributed by atoms with Crippen molar-refractivity contribution >= 4 is 22.9 Å². The molecule has 2 rings (SSSR count). The smallest absolute Gasteiger partial charge is 0.307 e. The summed E-state index contributed by atoms with van der Waals surface area (Å²) in [5.41, 5.74) is 1.26. The van der Waals surface area contributed by atoms with E-state index in [0.717, 1.165) is 23.9 Å². The lowest BCUT2D eigenvalue weighted by Gasteiger charge is -2.09. The maximum Gasteiger partial charge on any atom is 0.307 e. The van der Waals surface area contributed by atoms with Crippen LogP contribution in [0.15, 0.2) is 47.4 Å². The summed E-state index contributed by atoms with van der Waals surface area (Å²) in [5.74, 6) is -1.84. The summed E-state index contributed by atoms with van der Waals surface area (Å²) in [5, 5.41) is 10.3. The van der Waals surface area contributed by atoms with E-state index >= 15 is 0 Å². The van der Waals surface area contributed by atoms with E-state index in [2.05, 4.69) is 5.32 Å². The molecule has 0 aliphatic rings. The Hall–Kier alpha value is -2.65. The molecule has 0 atom stereocenters. The normalized spacial score (nSPS) is 10.2. The highest BCUT2D eigenvalue weighted by atomic mass is 32.2. The second kappa shape index (κ2) is 9.00. The molecule has 2 aromatic rings. The number of carbonyl (C=O) groups excluding carboxylic acids is 2. The molecule has 2 aromatic carbocycles. The first-order chi connectivity index (χ1) is 12.0. The molecule has 0 aliphatic heterocycles. The van der Waals surface area contributed by atoms with Crippen molar-refractivity contribution in [1.29, 1.82) is 0 Å². The molecule has 25 heavy (non-hydrogen) atoms. The van der Waals surface area contributed by atoms with Crippen LogP contribution in [0.1, 0.15) is 10.4 Å². The van der Waals surface area contributed by atoms with Crippen LogP contribution in [0, 0.1) is 11.6 Å². The predicted octanol–water partition coefficient (Wildman–Crippen LogP) is 2.96. The van der Waals surface area contributed by atoms with Gasteiger partial charge in [0.1, 0.15) is 24.0 Å². The number of benzene rings is 2. The molecular formula is C16H14F2N2O4S. The number of amides is 2. The Kier molecular flexibility index (Phi) is 6.72. The van der Waals surface area contributed by atoms with Crippen molar-refractivity contribution in [2.75, 3.05) is 13.2 Å². The number of hydrogen-bond donors (Lipinski definition) is 3. The minimum atomic E-state index is -0.932. The fraction of sp³-hybridized carbons (Fsp3) is 0.125. The van der Waals surface area contributed by atoms with Crippen LogP contribution in [-0.4, -0.2) is 29.5 Å². The largest absolute Gasteiger partial charge is 0.492 e. The molecular weight excluding hydrogens is 354 g/mol. The van der Waals surface area contributed by atoms with E-state index in [4.69, 9.17) is 9.94 Å². The van der Waals surface area contributed by atoms with Gasteiger partial charge in [0, 0.05) is 11.0 Å². The van der Waals surface area contributed by atoms with Gasteiger partial charge in [-0.2, -0.15) is 0 Å². The molecule has 0 unspecified atom stereocenters. The van der Waals surface area contributed by atoms with Gasteiger partial charge in [-0.3, -0.25) is 14.8 Å². The van der Waals surface area contributed by atoms with Crippen LogP contribution in [0.2, 0.25) is 0 Å². The van der Waals surface area contributed by atoms with Crippen molar-refractivity contribution in [3.63, 3.8) is 0 Å². The lowest BCUT2D eigenvalue weighted by atomic mass is 10.2. The number of carbonyl (C=O) groups is 2. The Morgan fingerprint density at radius 3 is 2.48 bits per heavy atom. The molecule has 0 bridgehead atoms. The quantitative estimate of drug-likeness (QED) is 0.316. The van der Waals surface area contributed by atoms with Gasteiger partial charge in [0.2, 0.25) is 0 Å². The van der Waals surface area contributed by atoms with Crippen LogP contribution in [0.25, 0.3) is 0 Å². The summed E-state index contributed by atoms with van der Waals surface area (Å²) >= 11 is 0.810. The Morgan fingerprint density at radius 1 is 1.12 bits per heavy atom. The van der Waals surface area contributed by atoms with Crippen LogP contribution in [-0.2, 0) is 0 Å². The molecule has 0 aromatic heterocycles. The van der Waals surface area contributed by atoms with E-state index in [9.17, 15) is 18.4 Å². The van der Waals surface area contributed by atoms with E-state index in [0.29, 0.717) is 16.7 Å². The van der Waals surface area contributed by atoms with Crippen LogP contribution in [0.4, 0.5) is 13.6 Å². The SMILES string of the molecule is O=C(NO)Sc1ccc(OCCNC(=O)c2ccc(F)cc2F)cc1. The lowest BCUT2D eigenvalue weighted by molar-refractivity contribution is 0.0943. The molecule has 0 fully saturated rings. The van der Waals surface area contributed by atoms with Gasteiger partial charge in [-0.25, -0.2) is 14.3 Å². The zero-order chi connectivity index (χ0) is 18.2. The Bertz CT molecular complexity index is 756. The lowest BCUT2D eigenvalue weighted by Crippen LogP contribution is -2.28. The Balaban J connectivity index is 1.77. The second-order valence-corrected chi connectivity index (χ2v) is 5.75. The van der Waals surface area contributed by atoms with Gasteiger partial charge in [0.05, 0.1) is 12.1 Å². The van der Waals surface area contributed by atoms with E-state index < -0.39 is 22.8 Å². The highest BCUT2D eigenvalue weighted by Gasteiger charge is 2.11. The first-order valence-electron chi connectivity index (χ1n) is 7.07. The maximum absolute atomic E-state index is 13.5. The van der Waals surface area contributed by atoms with E-state index in [1.165, 1.54) is 5.48 Å². The van der Waals surface area contributed by atoms with E-state index in [-0.39, 0.29) is 18.7 Å². The zero-order valence-corrected chi connectivity index (χ0v) is 13.6. The van der Waals surface area contributed by atoms with Crippen molar-refractivity contribution in [1.82, 2.24) is 10.8 Å². The van der Waals surface area contributed by atoms with Crippen molar-refractivity contribution < 1.29 is 28.3 Å². The van der Waals surface area contributed by atoms with Crippen molar-refractivity contribution in [2.24, 2.45) is 0 Å². The standard InChI is InChI=1S/C16H14F2N2O4S/c17-10-1-6-13(14(18)9-10)15(21)19-7-8-24-11-2-4-12(5-3-11)25-16(22)20-23/h1-6,9,23H,7-8H2,(H,19,21)(H,20,22). The molecule has 0 saturated heterocycles. The summed E-state index contributed by atoms with van der Waals surface area (Å²) in [4.78, 5) is 23.4. The topological polar surface area (TPSA) is 87.7 Å². The monoisotopic (exact) mass is 368 g/mol. The molecule has 3 N–H and O–H groups in total. The first kappa shape index (κ1) is 18.7. The molecule has 6 nitrogen and oxygen atoms in total.